The van der Waals surface area contributed by atoms with Crippen LogP contribution in [0.4, 0.5) is 4.53 Å². The molecule has 1 heterocycles. The average molecular weight is 305 g/mol. The highest BCUT2D eigenvalue weighted by molar-refractivity contribution is 7.86. The van der Waals surface area contributed by atoms with Crippen molar-refractivity contribution in [3.63, 3.8) is 0 Å². The number of hydrogen-bond acceptors (Lipinski definition) is 4. The highest BCUT2D eigenvalue weighted by atomic mass is 32.2. The molecule has 0 bridgehead atoms. The van der Waals surface area contributed by atoms with E-state index in [0.717, 1.165) is 19.3 Å². The summed E-state index contributed by atoms with van der Waals surface area (Å²) in [4.78, 5) is 3.78. The monoisotopic (exact) mass is 305 g/mol. The lowest BCUT2D eigenvalue weighted by molar-refractivity contribution is 0.00288. The fraction of sp³-hybridized carbons (Fsp3) is 0.643. The van der Waals surface area contributed by atoms with Gasteiger partial charge in [0.15, 0.2) is 0 Å². The van der Waals surface area contributed by atoms with Gasteiger partial charge in [0, 0.05) is 12.4 Å². The number of hydrogen-bond donors (Lipinski definition) is 0. The lowest BCUT2D eigenvalue weighted by Gasteiger charge is -2.00. The first-order valence-electron chi connectivity index (χ1n) is 7.00. The number of nitrogens with zero attached hydrogens (tertiary/aromatic N) is 1. The van der Waals surface area contributed by atoms with Crippen LogP contribution in [0, 0.1) is 0 Å². The minimum absolute atomic E-state index is 0.211. The summed E-state index contributed by atoms with van der Waals surface area (Å²) in [6.07, 6.45) is 10.6. The van der Waals surface area contributed by atoms with Crippen molar-refractivity contribution in [2.45, 2.75) is 51.9 Å². The van der Waals surface area contributed by atoms with Crippen molar-refractivity contribution < 1.29 is 17.3 Å². The Morgan fingerprint density at radius 2 is 1.50 bits per heavy atom. The van der Waals surface area contributed by atoms with Crippen LogP contribution in [-0.4, -0.2) is 19.2 Å². The van der Waals surface area contributed by atoms with E-state index in [-0.39, 0.29) is 5.75 Å². The minimum Gasteiger partial charge on any atom is -0.265 e. The predicted molar refractivity (Wildman–Crippen MR) is 78.2 cm³/mol. The van der Waals surface area contributed by atoms with Crippen LogP contribution in [-0.2, 0) is 14.5 Å². The van der Waals surface area contributed by atoms with Gasteiger partial charge >= 0.3 is 0 Å². The maximum absolute atomic E-state index is 11.4. The molecule has 0 aliphatic carbocycles. The van der Waals surface area contributed by atoms with Gasteiger partial charge in [0.2, 0.25) is 0 Å². The molecule has 6 heteroatoms. The van der Waals surface area contributed by atoms with Crippen molar-refractivity contribution in [2.75, 3.05) is 5.75 Å². The van der Waals surface area contributed by atoms with E-state index >= 15 is 0 Å². The van der Waals surface area contributed by atoms with Gasteiger partial charge in [-0.05, 0) is 23.1 Å². The molecule has 0 amide bonds. The Morgan fingerprint density at radius 1 is 0.950 bits per heavy atom. The van der Waals surface area contributed by atoms with Crippen LogP contribution in [0.1, 0.15) is 51.9 Å². The Kier molecular flexibility index (Phi) is 12.3. The molecule has 0 aliphatic heterocycles. The van der Waals surface area contributed by atoms with E-state index in [1.54, 1.807) is 12.4 Å². The van der Waals surface area contributed by atoms with Crippen molar-refractivity contribution in [1.82, 2.24) is 4.98 Å². The summed E-state index contributed by atoms with van der Waals surface area (Å²) in [5, 5.41) is 0. The highest BCUT2D eigenvalue weighted by Crippen LogP contribution is 2.08. The first kappa shape index (κ1) is 19.0. The normalized spacial score (nSPS) is 10.7. The molecule has 1 rings (SSSR count). The van der Waals surface area contributed by atoms with Gasteiger partial charge in [-0.25, -0.2) is 0 Å². The molecular weight excluding hydrogens is 281 g/mol. The van der Waals surface area contributed by atoms with Crippen molar-refractivity contribution in [3.05, 3.63) is 30.6 Å². The first-order chi connectivity index (χ1) is 9.62. The summed E-state index contributed by atoms with van der Waals surface area (Å²) >= 11 is 0. The third-order valence-corrected chi connectivity index (χ3v) is 3.64. The number of unbranched alkanes of at least 4 members (excludes halogenated alkanes) is 6. The summed E-state index contributed by atoms with van der Waals surface area (Å²) in [5.41, 5.74) is 0. The van der Waals surface area contributed by atoms with E-state index in [1.165, 1.54) is 19.3 Å². The summed E-state index contributed by atoms with van der Waals surface area (Å²) in [7, 11) is -3.88. The Labute approximate surface area is 121 Å². The maximum atomic E-state index is 11.4. The van der Waals surface area contributed by atoms with Crippen molar-refractivity contribution >= 4 is 10.1 Å². The van der Waals surface area contributed by atoms with Gasteiger partial charge in [-0.1, -0.05) is 55.9 Å². The molecule has 1 aromatic heterocycles. The molecular formula is C14H24FNO3S. The van der Waals surface area contributed by atoms with Gasteiger partial charge in [0.05, 0.1) is 5.75 Å². The molecule has 1 aromatic rings. The highest BCUT2D eigenvalue weighted by Gasteiger charge is 2.09. The second-order valence-corrected chi connectivity index (χ2v) is 6.12. The summed E-state index contributed by atoms with van der Waals surface area (Å²) in [6.45, 7) is 2.14. The standard InChI is InChI=1S/C9H19FO3S.C5H5N/c1-2-3-4-5-6-7-8-9-14(11,12)13-10;1-2-4-6-5-3-1/h2-9H2,1H3;1-5H. The van der Waals surface area contributed by atoms with Gasteiger partial charge in [0.1, 0.15) is 0 Å². The number of aromatic nitrogens is 1. The fourth-order valence-corrected chi connectivity index (χ4v) is 2.20. The number of rotatable bonds is 9. The SMILES string of the molecule is CCCCCCCCCS(=O)(=O)OF.c1ccncc1. The molecule has 0 aliphatic rings. The molecule has 0 unspecified atom stereocenters. The average Bonchev–Trinajstić information content (AvgIpc) is 2.49. The molecule has 0 aromatic carbocycles. The van der Waals surface area contributed by atoms with E-state index in [0.29, 0.717) is 6.42 Å². The zero-order valence-corrected chi connectivity index (χ0v) is 12.8. The second kappa shape index (κ2) is 13.0. The first-order valence-corrected chi connectivity index (χ1v) is 8.58. The topological polar surface area (TPSA) is 56.3 Å². The number of halogens is 1. The number of pyridine rings is 1. The summed E-state index contributed by atoms with van der Waals surface area (Å²) < 4.78 is 35.3. The van der Waals surface area contributed by atoms with Gasteiger partial charge in [0.25, 0.3) is 10.1 Å². The van der Waals surface area contributed by atoms with Gasteiger partial charge in [-0.3, -0.25) is 4.98 Å². The largest absolute Gasteiger partial charge is 0.297 e. The Morgan fingerprint density at radius 3 is 1.90 bits per heavy atom. The molecule has 0 N–H and O–H groups in total. The van der Waals surface area contributed by atoms with Crippen molar-refractivity contribution in [3.8, 4) is 0 Å². The quantitative estimate of drug-likeness (QED) is 0.646. The molecule has 0 spiro atoms. The maximum Gasteiger partial charge on any atom is 0.297 e. The molecule has 0 atom stereocenters. The van der Waals surface area contributed by atoms with Crippen LogP contribution in [0.25, 0.3) is 0 Å². The third-order valence-electron chi connectivity index (χ3n) is 2.66. The Bertz CT molecular complexity index is 371. The van der Waals surface area contributed by atoms with E-state index in [4.69, 9.17) is 0 Å². The Balaban J connectivity index is 0.000000493. The zero-order valence-electron chi connectivity index (χ0n) is 12.0. The smallest absolute Gasteiger partial charge is 0.265 e. The molecule has 0 fully saturated rings. The zero-order chi connectivity index (χ0) is 15.1. The van der Waals surface area contributed by atoms with E-state index < -0.39 is 10.1 Å². The van der Waals surface area contributed by atoms with Crippen LogP contribution >= 0.6 is 0 Å². The molecule has 20 heavy (non-hydrogen) atoms. The second-order valence-electron chi connectivity index (χ2n) is 4.47. The van der Waals surface area contributed by atoms with Gasteiger partial charge in [-0.2, -0.15) is 8.42 Å². The lowest BCUT2D eigenvalue weighted by atomic mass is 10.1. The molecule has 116 valence electrons. The Hall–Kier alpha value is -1.01. The van der Waals surface area contributed by atoms with Crippen LogP contribution in [0.3, 0.4) is 0 Å². The minimum atomic E-state index is -3.88. The van der Waals surface area contributed by atoms with Crippen LogP contribution in [0.2, 0.25) is 0 Å². The lowest BCUT2D eigenvalue weighted by Crippen LogP contribution is -2.05. The third kappa shape index (κ3) is 13.4. The van der Waals surface area contributed by atoms with E-state index in [9.17, 15) is 12.9 Å². The molecule has 0 radical (unpaired) electrons. The van der Waals surface area contributed by atoms with E-state index in [2.05, 4.69) is 16.3 Å². The van der Waals surface area contributed by atoms with Crippen molar-refractivity contribution in [2.24, 2.45) is 0 Å². The molecule has 4 nitrogen and oxygen atoms in total. The van der Waals surface area contributed by atoms with Crippen LogP contribution in [0.15, 0.2) is 30.6 Å². The fourth-order valence-electron chi connectivity index (χ4n) is 1.58. The van der Waals surface area contributed by atoms with Crippen molar-refractivity contribution in [1.29, 1.82) is 0 Å². The molecule has 0 saturated carbocycles. The molecule has 0 saturated heterocycles. The van der Waals surface area contributed by atoms with E-state index in [1.807, 2.05) is 18.2 Å². The summed E-state index contributed by atoms with van der Waals surface area (Å²) in [6, 6.07) is 5.72. The summed E-state index contributed by atoms with van der Waals surface area (Å²) in [5.74, 6) is -0.211. The van der Waals surface area contributed by atoms with Crippen LogP contribution < -0.4 is 0 Å². The predicted octanol–water partition coefficient (Wildman–Crippen LogP) is 4.05. The van der Waals surface area contributed by atoms with Gasteiger partial charge < -0.3 is 0 Å². The van der Waals surface area contributed by atoms with Gasteiger partial charge in [-0.15, -0.1) is 0 Å². The van der Waals surface area contributed by atoms with Crippen LogP contribution in [0.5, 0.6) is 0 Å².